The molecule has 0 aliphatic heterocycles. The number of rotatable bonds is 2. The van der Waals surface area contributed by atoms with Gasteiger partial charge in [0, 0.05) is 0 Å². The molecule has 0 N–H and O–H groups in total. The van der Waals surface area contributed by atoms with Gasteiger partial charge in [-0.25, -0.2) is 9.13 Å². The van der Waals surface area contributed by atoms with Gasteiger partial charge >= 0.3 is 0 Å². The summed E-state index contributed by atoms with van der Waals surface area (Å²) in [7, 11) is 4.29. The number of para-hydroxylation sites is 2. The van der Waals surface area contributed by atoms with Gasteiger partial charge < -0.3 is 0 Å². The Morgan fingerprint density at radius 2 is 1.76 bits per heavy atom. The van der Waals surface area contributed by atoms with Crippen LogP contribution in [0.2, 0.25) is 0 Å². The molecule has 0 fully saturated rings. The number of hydrogen-bond acceptors (Lipinski definition) is 0. The molecule has 1 aromatic heterocycles. The number of fused-ring (bicyclic) bond motifs is 1. The second-order valence-electron chi connectivity index (χ2n) is 6.16. The summed E-state index contributed by atoms with van der Waals surface area (Å²) in [6.45, 7) is 6.69. The minimum absolute atomic E-state index is 0.569. The van der Waals surface area contributed by atoms with E-state index in [-0.39, 0.29) is 0 Å². The lowest BCUT2D eigenvalue weighted by Gasteiger charge is -2.09. The fourth-order valence-corrected chi connectivity index (χ4v) is 3.14. The topological polar surface area (TPSA) is 8.81 Å². The van der Waals surface area contributed by atoms with E-state index >= 15 is 0 Å². The van der Waals surface area contributed by atoms with Gasteiger partial charge in [0.15, 0.2) is 11.0 Å². The van der Waals surface area contributed by atoms with Gasteiger partial charge in [0.25, 0.3) is 5.82 Å². The Kier molecular flexibility index (Phi) is 3.32. The first-order valence-electron chi connectivity index (χ1n) is 7.55. The Balaban J connectivity index is 2.26. The van der Waals surface area contributed by atoms with Crippen molar-refractivity contribution in [1.82, 2.24) is 4.57 Å². The summed E-state index contributed by atoms with van der Waals surface area (Å²) < 4.78 is 4.57. The van der Waals surface area contributed by atoms with Crippen LogP contribution in [0.4, 0.5) is 0 Å². The van der Waals surface area contributed by atoms with Crippen molar-refractivity contribution in [3.05, 3.63) is 53.6 Å². The molecular formula is C19H23N2+. The van der Waals surface area contributed by atoms with Crippen LogP contribution in [0.3, 0.4) is 0 Å². The van der Waals surface area contributed by atoms with Crippen molar-refractivity contribution in [2.24, 2.45) is 14.1 Å². The average Bonchev–Trinajstić information content (AvgIpc) is 2.72. The van der Waals surface area contributed by atoms with Gasteiger partial charge in [0.2, 0.25) is 0 Å². The van der Waals surface area contributed by atoms with Gasteiger partial charge in [-0.3, -0.25) is 0 Å². The minimum atomic E-state index is 0.569. The zero-order chi connectivity index (χ0) is 15.1. The predicted octanol–water partition coefficient (Wildman–Crippen LogP) is 4.10. The van der Waals surface area contributed by atoms with Crippen LogP contribution in [-0.2, 0) is 14.1 Å². The van der Waals surface area contributed by atoms with E-state index in [1.54, 1.807) is 0 Å². The van der Waals surface area contributed by atoms with Crippen LogP contribution in [0.5, 0.6) is 0 Å². The summed E-state index contributed by atoms with van der Waals surface area (Å²) in [5, 5.41) is 0. The van der Waals surface area contributed by atoms with E-state index in [0.717, 1.165) is 0 Å². The molecule has 0 aliphatic carbocycles. The average molecular weight is 279 g/mol. The number of imidazole rings is 1. The molecule has 0 radical (unpaired) electrons. The fraction of sp³-hybridized carbons (Fsp3) is 0.316. The lowest BCUT2D eigenvalue weighted by molar-refractivity contribution is -0.634. The monoisotopic (exact) mass is 279 g/mol. The van der Waals surface area contributed by atoms with Crippen LogP contribution < -0.4 is 4.57 Å². The maximum Gasteiger partial charge on any atom is 0.289 e. The van der Waals surface area contributed by atoms with Crippen molar-refractivity contribution < 1.29 is 4.57 Å². The Hall–Kier alpha value is -2.09. The second-order valence-corrected chi connectivity index (χ2v) is 6.16. The van der Waals surface area contributed by atoms with Gasteiger partial charge in [-0.1, -0.05) is 38.1 Å². The highest BCUT2D eigenvalue weighted by Gasteiger charge is 2.22. The van der Waals surface area contributed by atoms with Crippen LogP contribution in [0.15, 0.2) is 42.5 Å². The quantitative estimate of drug-likeness (QED) is 0.624. The largest absolute Gasteiger partial charge is 0.289 e. The molecule has 21 heavy (non-hydrogen) atoms. The lowest BCUT2D eigenvalue weighted by atomic mass is 9.97. The molecule has 1 heterocycles. The standard InChI is InChI=1S/C19H23N2/c1-13(2)15-10-11-16(14(3)12-15)19-20(4)17-8-6-7-9-18(17)21(19)5/h6-13H,1-5H3/q+1. The Bertz CT molecular complexity index is 771. The normalized spacial score (nSPS) is 11.5. The molecule has 0 spiro atoms. The van der Waals surface area contributed by atoms with Gasteiger partial charge in [-0.15, -0.1) is 0 Å². The van der Waals surface area contributed by atoms with Gasteiger partial charge in [-0.05, 0) is 42.2 Å². The third-order valence-corrected chi connectivity index (χ3v) is 4.40. The van der Waals surface area contributed by atoms with E-state index in [2.05, 4.69) is 86.5 Å². The van der Waals surface area contributed by atoms with Crippen molar-refractivity contribution in [2.45, 2.75) is 26.7 Å². The van der Waals surface area contributed by atoms with E-state index < -0.39 is 0 Å². The smallest absolute Gasteiger partial charge is 0.226 e. The summed E-state index contributed by atoms with van der Waals surface area (Å²) in [6.07, 6.45) is 0. The summed E-state index contributed by atoms with van der Waals surface area (Å²) in [6, 6.07) is 15.4. The molecular weight excluding hydrogens is 256 g/mol. The summed E-state index contributed by atoms with van der Waals surface area (Å²) in [5.41, 5.74) is 6.57. The zero-order valence-electron chi connectivity index (χ0n) is 13.5. The molecule has 0 unspecified atom stereocenters. The zero-order valence-corrected chi connectivity index (χ0v) is 13.5. The molecule has 0 aliphatic rings. The van der Waals surface area contributed by atoms with Crippen molar-refractivity contribution >= 4 is 11.0 Å². The first-order chi connectivity index (χ1) is 10.0. The highest BCUT2D eigenvalue weighted by Crippen LogP contribution is 2.27. The minimum Gasteiger partial charge on any atom is -0.226 e. The maximum atomic E-state index is 2.32. The maximum absolute atomic E-state index is 2.32. The molecule has 3 aromatic rings. The Morgan fingerprint density at radius 1 is 1.05 bits per heavy atom. The SMILES string of the molecule is Cc1cc(C(C)C)ccc1-c1n(C)c2ccccc2[n+]1C. The highest BCUT2D eigenvalue weighted by atomic mass is 15.1. The van der Waals surface area contributed by atoms with Crippen molar-refractivity contribution in [3.8, 4) is 11.4 Å². The molecule has 2 aromatic carbocycles. The molecule has 0 saturated carbocycles. The number of aryl methyl sites for hydroxylation is 3. The van der Waals surface area contributed by atoms with Crippen molar-refractivity contribution in [2.75, 3.05) is 0 Å². The summed E-state index contributed by atoms with van der Waals surface area (Å²) in [5.74, 6) is 1.82. The summed E-state index contributed by atoms with van der Waals surface area (Å²) >= 11 is 0. The van der Waals surface area contributed by atoms with Gasteiger partial charge in [0.1, 0.15) is 0 Å². The second kappa shape index (κ2) is 5.03. The van der Waals surface area contributed by atoms with E-state index in [1.165, 1.54) is 33.5 Å². The fourth-order valence-electron chi connectivity index (χ4n) is 3.14. The molecule has 0 amide bonds. The number of aromatic nitrogens is 2. The van der Waals surface area contributed by atoms with Crippen molar-refractivity contribution in [1.29, 1.82) is 0 Å². The van der Waals surface area contributed by atoms with E-state index in [9.17, 15) is 0 Å². The summed E-state index contributed by atoms with van der Waals surface area (Å²) in [4.78, 5) is 0. The van der Waals surface area contributed by atoms with Crippen LogP contribution in [0.1, 0.15) is 30.9 Å². The first-order valence-corrected chi connectivity index (χ1v) is 7.55. The molecule has 0 saturated heterocycles. The van der Waals surface area contributed by atoms with E-state index in [1.807, 2.05) is 0 Å². The highest BCUT2D eigenvalue weighted by molar-refractivity contribution is 5.76. The molecule has 3 rings (SSSR count). The molecule has 0 bridgehead atoms. The van der Waals surface area contributed by atoms with Crippen LogP contribution >= 0.6 is 0 Å². The molecule has 2 heteroatoms. The van der Waals surface area contributed by atoms with Crippen LogP contribution in [-0.4, -0.2) is 4.57 Å². The number of nitrogens with zero attached hydrogens (tertiary/aromatic N) is 2. The Labute approximate surface area is 126 Å². The van der Waals surface area contributed by atoms with E-state index in [0.29, 0.717) is 5.92 Å². The predicted molar refractivity (Wildman–Crippen MR) is 88.4 cm³/mol. The van der Waals surface area contributed by atoms with Crippen LogP contribution in [0, 0.1) is 6.92 Å². The van der Waals surface area contributed by atoms with Gasteiger partial charge in [0.05, 0.1) is 19.7 Å². The van der Waals surface area contributed by atoms with E-state index in [4.69, 9.17) is 0 Å². The molecule has 2 nitrogen and oxygen atoms in total. The van der Waals surface area contributed by atoms with Crippen molar-refractivity contribution in [3.63, 3.8) is 0 Å². The van der Waals surface area contributed by atoms with Gasteiger partial charge in [-0.2, -0.15) is 0 Å². The lowest BCUT2D eigenvalue weighted by Crippen LogP contribution is -2.30. The first kappa shape index (κ1) is 13.9. The van der Waals surface area contributed by atoms with Crippen LogP contribution in [0.25, 0.3) is 22.4 Å². The number of hydrogen-bond donors (Lipinski definition) is 0. The number of benzene rings is 2. The third-order valence-electron chi connectivity index (χ3n) is 4.40. The Morgan fingerprint density at radius 3 is 2.38 bits per heavy atom. The third kappa shape index (κ3) is 2.15. The molecule has 108 valence electrons. The molecule has 0 atom stereocenters.